The average Bonchev–Trinajstić information content (AvgIpc) is 3.00. The maximum Gasteiger partial charge on any atom is 0.227 e. The molecule has 1 aromatic heterocycles. The van der Waals surface area contributed by atoms with Gasteiger partial charge in [0.15, 0.2) is 5.58 Å². The molecule has 1 heterocycles. The Morgan fingerprint density at radius 3 is 2.82 bits per heavy atom. The minimum atomic E-state index is 0.664. The molecule has 0 radical (unpaired) electrons. The molecule has 0 amide bonds. The van der Waals surface area contributed by atoms with E-state index in [4.69, 9.17) is 9.40 Å². The summed E-state index contributed by atoms with van der Waals surface area (Å²) in [4.78, 5) is 4.72. The van der Waals surface area contributed by atoms with Gasteiger partial charge in [-0.1, -0.05) is 48.5 Å². The summed E-state index contributed by atoms with van der Waals surface area (Å²) < 4.78 is 5.96. The maximum atomic E-state index is 5.96. The topological polar surface area (TPSA) is 26.0 Å². The van der Waals surface area contributed by atoms with Crippen LogP contribution in [0.5, 0.6) is 0 Å². The highest BCUT2D eigenvalue weighted by Crippen LogP contribution is 2.29. The van der Waals surface area contributed by atoms with E-state index in [0.717, 1.165) is 28.5 Å². The summed E-state index contributed by atoms with van der Waals surface area (Å²) in [6.45, 7) is 3.79. The molecule has 0 aliphatic heterocycles. The largest absolute Gasteiger partial charge is 0.436 e. The highest BCUT2D eigenvalue weighted by Gasteiger charge is 2.11. The van der Waals surface area contributed by atoms with Gasteiger partial charge in [-0.3, -0.25) is 0 Å². The van der Waals surface area contributed by atoms with Crippen molar-refractivity contribution in [3.05, 3.63) is 78.9 Å². The Hall–Kier alpha value is -2.87. The zero-order valence-corrected chi connectivity index (χ0v) is 12.1. The molecule has 4 aromatic rings. The SMILES string of the molecule is C=CCc1cccc(-c2nc3c(ccc4ccccc43)o2)c1. The van der Waals surface area contributed by atoms with Gasteiger partial charge in [-0.25, -0.2) is 4.98 Å². The van der Waals surface area contributed by atoms with Gasteiger partial charge in [-0.2, -0.15) is 0 Å². The van der Waals surface area contributed by atoms with Crippen LogP contribution >= 0.6 is 0 Å². The molecule has 0 saturated heterocycles. The van der Waals surface area contributed by atoms with Crippen molar-refractivity contribution in [3.8, 4) is 11.5 Å². The highest BCUT2D eigenvalue weighted by atomic mass is 16.3. The summed E-state index contributed by atoms with van der Waals surface area (Å²) in [5, 5.41) is 2.30. The third-order valence-corrected chi connectivity index (χ3v) is 3.84. The van der Waals surface area contributed by atoms with Crippen molar-refractivity contribution >= 4 is 21.9 Å². The minimum absolute atomic E-state index is 0.664. The summed E-state index contributed by atoms with van der Waals surface area (Å²) in [5.41, 5.74) is 3.95. The standard InChI is InChI=1S/C20H15NO/c1-2-6-14-7-5-9-16(13-14)20-21-19-17-10-4-3-8-15(17)11-12-18(19)22-20/h2-5,7-13H,1,6H2. The second-order valence-corrected chi connectivity index (χ2v) is 5.35. The number of hydrogen-bond donors (Lipinski definition) is 0. The van der Waals surface area contributed by atoms with Crippen LogP contribution in [-0.4, -0.2) is 4.98 Å². The first kappa shape index (κ1) is 12.8. The number of oxazole rings is 1. The molecule has 0 N–H and O–H groups in total. The molecule has 0 spiro atoms. The van der Waals surface area contributed by atoms with E-state index in [0.29, 0.717) is 5.89 Å². The van der Waals surface area contributed by atoms with Gasteiger partial charge in [-0.15, -0.1) is 6.58 Å². The zero-order valence-electron chi connectivity index (χ0n) is 12.1. The van der Waals surface area contributed by atoms with Crippen molar-refractivity contribution in [1.82, 2.24) is 4.98 Å². The van der Waals surface area contributed by atoms with Crippen LogP contribution in [0, 0.1) is 0 Å². The van der Waals surface area contributed by atoms with Gasteiger partial charge in [0, 0.05) is 10.9 Å². The quantitative estimate of drug-likeness (QED) is 0.472. The monoisotopic (exact) mass is 285 g/mol. The van der Waals surface area contributed by atoms with Crippen molar-refractivity contribution in [2.75, 3.05) is 0 Å². The van der Waals surface area contributed by atoms with Crippen LogP contribution in [-0.2, 0) is 6.42 Å². The van der Waals surface area contributed by atoms with E-state index >= 15 is 0 Å². The van der Waals surface area contributed by atoms with Crippen molar-refractivity contribution < 1.29 is 4.42 Å². The van der Waals surface area contributed by atoms with Gasteiger partial charge < -0.3 is 4.42 Å². The van der Waals surface area contributed by atoms with Gasteiger partial charge >= 0.3 is 0 Å². The number of allylic oxidation sites excluding steroid dienone is 1. The van der Waals surface area contributed by atoms with E-state index in [9.17, 15) is 0 Å². The number of fused-ring (bicyclic) bond motifs is 3. The van der Waals surface area contributed by atoms with Gasteiger partial charge in [-0.05, 0) is 35.6 Å². The zero-order chi connectivity index (χ0) is 14.9. The first-order chi connectivity index (χ1) is 10.8. The van der Waals surface area contributed by atoms with E-state index < -0.39 is 0 Å². The van der Waals surface area contributed by atoms with Crippen LogP contribution in [0.1, 0.15) is 5.56 Å². The second-order valence-electron chi connectivity index (χ2n) is 5.35. The average molecular weight is 285 g/mol. The van der Waals surface area contributed by atoms with Gasteiger partial charge in [0.25, 0.3) is 0 Å². The van der Waals surface area contributed by atoms with Gasteiger partial charge in [0.2, 0.25) is 5.89 Å². The number of benzene rings is 3. The number of aromatic nitrogens is 1. The van der Waals surface area contributed by atoms with Crippen LogP contribution in [0.15, 0.2) is 77.7 Å². The molecule has 0 saturated carbocycles. The van der Waals surface area contributed by atoms with E-state index in [1.807, 2.05) is 36.4 Å². The third-order valence-electron chi connectivity index (χ3n) is 3.84. The fourth-order valence-electron chi connectivity index (χ4n) is 2.78. The molecule has 0 unspecified atom stereocenters. The second kappa shape index (κ2) is 5.15. The molecule has 2 nitrogen and oxygen atoms in total. The first-order valence-electron chi connectivity index (χ1n) is 7.33. The molecule has 106 valence electrons. The fraction of sp³-hybridized carbons (Fsp3) is 0.0500. The molecular formula is C20H15NO. The molecule has 0 bridgehead atoms. The Morgan fingerprint density at radius 2 is 1.91 bits per heavy atom. The van der Waals surface area contributed by atoms with E-state index in [-0.39, 0.29) is 0 Å². The predicted octanol–water partition coefficient (Wildman–Crippen LogP) is 5.38. The van der Waals surface area contributed by atoms with Crippen molar-refractivity contribution in [1.29, 1.82) is 0 Å². The van der Waals surface area contributed by atoms with Crippen LogP contribution in [0.25, 0.3) is 33.3 Å². The lowest BCUT2D eigenvalue weighted by Crippen LogP contribution is -1.83. The fourth-order valence-corrected chi connectivity index (χ4v) is 2.78. The maximum absolute atomic E-state index is 5.96. The first-order valence-corrected chi connectivity index (χ1v) is 7.33. The highest BCUT2D eigenvalue weighted by molar-refractivity contribution is 6.03. The third kappa shape index (κ3) is 2.09. The molecular weight excluding hydrogens is 270 g/mol. The Bertz CT molecular complexity index is 981. The summed E-state index contributed by atoms with van der Waals surface area (Å²) in [6.07, 6.45) is 2.75. The van der Waals surface area contributed by atoms with E-state index in [1.165, 1.54) is 10.9 Å². The number of hydrogen-bond acceptors (Lipinski definition) is 2. The van der Waals surface area contributed by atoms with E-state index in [2.05, 4.69) is 36.9 Å². The molecule has 2 heteroatoms. The van der Waals surface area contributed by atoms with Gasteiger partial charge in [0.05, 0.1) is 0 Å². The van der Waals surface area contributed by atoms with Crippen LogP contribution < -0.4 is 0 Å². The lowest BCUT2D eigenvalue weighted by atomic mass is 10.1. The number of rotatable bonds is 3. The molecule has 3 aromatic carbocycles. The van der Waals surface area contributed by atoms with Crippen LogP contribution in [0.4, 0.5) is 0 Å². The minimum Gasteiger partial charge on any atom is -0.436 e. The van der Waals surface area contributed by atoms with Crippen molar-refractivity contribution in [2.24, 2.45) is 0 Å². The summed E-state index contributed by atoms with van der Waals surface area (Å²) in [6, 6.07) is 20.5. The Labute approximate surface area is 128 Å². The Morgan fingerprint density at radius 1 is 1.00 bits per heavy atom. The lowest BCUT2D eigenvalue weighted by Gasteiger charge is -1.99. The van der Waals surface area contributed by atoms with E-state index in [1.54, 1.807) is 0 Å². The van der Waals surface area contributed by atoms with Crippen LogP contribution in [0.2, 0.25) is 0 Å². The van der Waals surface area contributed by atoms with Crippen molar-refractivity contribution in [2.45, 2.75) is 6.42 Å². The summed E-state index contributed by atoms with van der Waals surface area (Å²) in [7, 11) is 0. The number of nitrogens with zero attached hydrogens (tertiary/aromatic N) is 1. The normalized spacial score (nSPS) is 11.1. The van der Waals surface area contributed by atoms with Crippen molar-refractivity contribution in [3.63, 3.8) is 0 Å². The summed E-state index contributed by atoms with van der Waals surface area (Å²) >= 11 is 0. The Kier molecular flexibility index (Phi) is 3.01. The molecule has 0 atom stereocenters. The lowest BCUT2D eigenvalue weighted by molar-refractivity contribution is 0.620. The Balaban J connectivity index is 1.91. The molecule has 0 aliphatic rings. The summed E-state index contributed by atoms with van der Waals surface area (Å²) in [5.74, 6) is 0.664. The smallest absolute Gasteiger partial charge is 0.227 e. The van der Waals surface area contributed by atoms with Crippen LogP contribution in [0.3, 0.4) is 0 Å². The van der Waals surface area contributed by atoms with Gasteiger partial charge in [0.1, 0.15) is 5.52 Å². The molecule has 0 fully saturated rings. The molecule has 0 aliphatic carbocycles. The predicted molar refractivity (Wildman–Crippen MR) is 90.9 cm³/mol. The molecule has 22 heavy (non-hydrogen) atoms. The molecule has 4 rings (SSSR count).